The maximum atomic E-state index is 5.81. The van der Waals surface area contributed by atoms with Crippen LogP contribution in [0.15, 0.2) is 35.6 Å². The molecule has 0 bridgehead atoms. The van der Waals surface area contributed by atoms with Crippen molar-refractivity contribution in [2.45, 2.75) is 5.03 Å². The maximum absolute atomic E-state index is 5.81. The van der Waals surface area contributed by atoms with Gasteiger partial charge in [-0.2, -0.15) is 0 Å². The highest BCUT2D eigenvalue weighted by atomic mass is 35.5. The standard InChI is InChI=1S/C10H9ClN2S/c1-13-6-12-10(14)9(13)7-2-4-8(11)5-3-7/h2-6,14H,1H3. The van der Waals surface area contributed by atoms with Gasteiger partial charge >= 0.3 is 0 Å². The van der Waals surface area contributed by atoms with Gasteiger partial charge in [0.1, 0.15) is 5.03 Å². The van der Waals surface area contributed by atoms with Crippen LogP contribution in [0, 0.1) is 0 Å². The quantitative estimate of drug-likeness (QED) is 0.738. The zero-order chi connectivity index (χ0) is 10.1. The SMILES string of the molecule is Cn1cnc(S)c1-c1ccc(Cl)cc1. The molecule has 0 saturated carbocycles. The Labute approximate surface area is 93.0 Å². The molecule has 14 heavy (non-hydrogen) atoms. The van der Waals surface area contributed by atoms with Crippen molar-refractivity contribution in [2.75, 3.05) is 0 Å². The number of benzene rings is 1. The van der Waals surface area contributed by atoms with Crippen molar-refractivity contribution in [3.8, 4) is 11.3 Å². The number of hydrogen-bond donors (Lipinski definition) is 1. The largest absolute Gasteiger partial charge is 0.333 e. The van der Waals surface area contributed by atoms with Gasteiger partial charge in [-0.3, -0.25) is 0 Å². The minimum absolute atomic E-state index is 0.731. The smallest absolute Gasteiger partial charge is 0.119 e. The molecular weight excluding hydrogens is 216 g/mol. The Morgan fingerprint density at radius 2 is 1.93 bits per heavy atom. The van der Waals surface area contributed by atoms with Crippen molar-refractivity contribution < 1.29 is 0 Å². The third-order valence-electron chi connectivity index (χ3n) is 2.04. The van der Waals surface area contributed by atoms with E-state index in [1.807, 2.05) is 35.9 Å². The van der Waals surface area contributed by atoms with Gasteiger partial charge in [-0.05, 0) is 12.1 Å². The lowest BCUT2D eigenvalue weighted by Crippen LogP contribution is -1.89. The van der Waals surface area contributed by atoms with Crippen LogP contribution in [0.2, 0.25) is 5.02 Å². The predicted octanol–water partition coefficient (Wildman–Crippen LogP) is 3.03. The highest BCUT2D eigenvalue weighted by molar-refractivity contribution is 7.80. The first kappa shape index (κ1) is 9.62. The van der Waals surface area contributed by atoms with E-state index in [0.717, 1.165) is 21.3 Å². The average Bonchev–Trinajstić information content (AvgIpc) is 2.49. The first-order valence-electron chi connectivity index (χ1n) is 4.14. The minimum atomic E-state index is 0.731. The van der Waals surface area contributed by atoms with Crippen LogP contribution in [0.1, 0.15) is 0 Å². The number of aromatic nitrogens is 2. The Hall–Kier alpha value is -0.930. The summed E-state index contributed by atoms with van der Waals surface area (Å²) in [6.07, 6.45) is 1.74. The van der Waals surface area contributed by atoms with Crippen molar-refractivity contribution >= 4 is 24.2 Å². The molecule has 1 aromatic heterocycles. The molecule has 4 heteroatoms. The summed E-state index contributed by atoms with van der Waals surface area (Å²) in [6.45, 7) is 0. The van der Waals surface area contributed by atoms with Gasteiger partial charge in [0.2, 0.25) is 0 Å². The second-order valence-electron chi connectivity index (χ2n) is 3.03. The van der Waals surface area contributed by atoms with Crippen molar-refractivity contribution in [3.63, 3.8) is 0 Å². The van der Waals surface area contributed by atoms with Gasteiger partial charge in [-0.25, -0.2) is 4.98 Å². The molecule has 1 aromatic carbocycles. The highest BCUT2D eigenvalue weighted by Crippen LogP contribution is 2.25. The van der Waals surface area contributed by atoms with Crippen molar-refractivity contribution in [3.05, 3.63) is 35.6 Å². The Kier molecular flexibility index (Phi) is 2.52. The van der Waals surface area contributed by atoms with E-state index in [1.165, 1.54) is 0 Å². The van der Waals surface area contributed by atoms with Gasteiger partial charge in [0.25, 0.3) is 0 Å². The molecule has 0 unspecified atom stereocenters. The molecule has 0 aliphatic carbocycles. The molecule has 0 N–H and O–H groups in total. The van der Waals surface area contributed by atoms with Crippen LogP contribution < -0.4 is 0 Å². The van der Waals surface area contributed by atoms with Crippen LogP contribution in [0.5, 0.6) is 0 Å². The number of hydrogen-bond acceptors (Lipinski definition) is 2. The second kappa shape index (κ2) is 3.67. The summed E-state index contributed by atoms with van der Waals surface area (Å²) in [5.74, 6) is 0. The van der Waals surface area contributed by atoms with E-state index in [9.17, 15) is 0 Å². The normalized spacial score (nSPS) is 10.5. The molecule has 0 radical (unpaired) electrons. The highest BCUT2D eigenvalue weighted by Gasteiger charge is 2.07. The van der Waals surface area contributed by atoms with Crippen LogP contribution in [-0.4, -0.2) is 9.55 Å². The summed E-state index contributed by atoms with van der Waals surface area (Å²) < 4.78 is 1.94. The minimum Gasteiger partial charge on any atom is -0.333 e. The predicted molar refractivity (Wildman–Crippen MR) is 60.9 cm³/mol. The fourth-order valence-electron chi connectivity index (χ4n) is 1.36. The third kappa shape index (κ3) is 1.65. The fraction of sp³-hybridized carbons (Fsp3) is 0.100. The van der Waals surface area contributed by atoms with Crippen LogP contribution in [-0.2, 0) is 7.05 Å². The molecular formula is C10H9ClN2S. The number of rotatable bonds is 1. The molecule has 0 amide bonds. The van der Waals surface area contributed by atoms with Gasteiger partial charge in [0.15, 0.2) is 0 Å². The van der Waals surface area contributed by atoms with Gasteiger partial charge in [-0.1, -0.05) is 23.7 Å². The maximum Gasteiger partial charge on any atom is 0.119 e. The first-order valence-corrected chi connectivity index (χ1v) is 4.97. The molecule has 72 valence electrons. The first-order chi connectivity index (χ1) is 6.68. The van der Waals surface area contributed by atoms with Crippen molar-refractivity contribution in [1.29, 1.82) is 0 Å². The summed E-state index contributed by atoms with van der Waals surface area (Å²) in [5.41, 5.74) is 2.07. The van der Waals surface area contributed by atoms with E-state index in [2.05, 4.69) is 17.6 Å². The van der Waals surface area contributed by atoms with E-state index in [1.54, 1.807) is 6.33 Å². The number of thiol groups is 1. The van der Waals surface area contributed by atoms with Gasteiger partial charge in [0, 0.05) is 17.6 Å². The molecule has 1 heterocycles. The monoisotopic (exact) mass is 224 g/mol. The van der Waals surface area contributed by atoms with Crippen LogP contribution in [0.4, 0.5) is 0 Å². The summed E-state index contributed by atoms with van der Waals surface area (Å²) in [4.78, 5) is 4.11. The Bertz CT molecular complexity index is 428. The summed E-state index contributed by atoms with van der Waals surface area (Å²) in [6, 6.07) is 7.63. The summed E-state index contributed by atoms with van der Waals surface area (Å²) in [7, 11) is 1.94. The van der Waals surface area contributed by atoms with E-state index in [0.29, 0.717) is 0 Å². The second-order valence-corrected chi connectivity index (χ2v) is 3.89. The molecule has 0 aliphatic rings. The summed E-state index contributed by atoms with van der Waals surface area (Å²) >= 11 is 10.1. The van der Waals surface area contributed by atoms with Crippen molar-refractivity contribution in [2.24, 2.45) is 7.05 Å². The number of halogens is 1. The molecule has 2 rings (SSSR count). The Morgan fingerprint density at radius 1 is 1.29 bits per heavy atom. The van der Waals surface area contributed by atoms with E-state index >= 15 is 0 Å². The zero-order valence-electron chi connectivity index (χ0n) is 7.61. The average molecular weight is 225 g/mol. The van der Waals surface area contributed by atoms with E-state index in [-0.39, 0.29) is 0 Å². The zero-order valence-corrected chi connectivity index (χ0v) is 9.26. The lowest BCUT2D eigenvalue weighted by atomic mass is 10.2. The molecule has 0 aliphatic heterocycles. The Morgan fingerprint density at radius 3 is 2.43 bits per heavy atom. The van der Waals surface area contributed by atoms with Crippen molar-refractivity contribution in [1.82, 2.24) is 9.55 Å². The molecule has 2 nitrogen and oxygen atoms in total. The lowest BCUT2D eigenvalue weighted by molar-refractivity contribution is 0.921. The molecule has 0 fully saturated rings. The fourth-order valence-corrected chi connectivity index (χ4v) is 1.82. The van der Waals surface area contributed by atoms with Gasteiger partial charge in [0.05, 0.1) is 12.0 Å². The third-order valence-corrected chi connectivity index (χ3v) is 2.61. The molecule has 0 atom stereocenters. The molecule has 2 aromatic rings. The molecule has 0 saturated heterocycles. The van der Waals surface area contributed by atoms with Gasteiger partial charge in [-0.15, -0.1) is 12.6 Å². The number of nitrogens with zero attached hydrogens (tertiary/aromatic N) is 2. The van der Waals surface area contributed by atoms with Crippen LogP contribution in [0.3, 0.4) is 0 Å². The Balaban J connectivity index is 2.54. The lowest BCUT2D eigenvalue weighted by Gasteiger charge is -2.03. The molecule has 0 spiro atoms. The number of aryl methyl sites for hydroxylation is 1. The van der Waals surface area contributed by atoms with Crippen LogP contribution in [0.25, 0.3) is 11.3 Å². The van der Waals surface area contributed by atoms with Crippen LogP contribution >= 0.6 is 24.2 Å². The topological polar surface area (TPSA) is 17.8 Å². The van der Waals surface area contributed by atoms with E-state index < -0.39 is 0 Å². The van der Waals surface area contributed by atoms with Gasteiger partial charge < -0.3 is 4.57 Å². The summed E-state index contributed by atoms with van der Waals surface area (Å²) in [5, 5.41) is 1.46. The number of imidazole rings is 1. The van der Waals surface area contributed by atoms with E-state index in [4.69, 9.17) is 11.6 Å².